The van der Waals surface area contributed by atoms with Crippen molar-refractivity contribution in [2.75, 3.05) is 0 Å². The molecule has 1 aliphatic carbocycles. The lowest BCUT2D eigenvalue weighted by Crippen LogP contribution is -2.20. The molecule has 2 heteroatoms. The lowest BCUT2D eigenvalue weighted by molar-refractivity contribution is -0.115. The third-order valence-electron chi connectivity index (χ3n) is 4.07. The van der Waals surface area contributed by atoms with Crippen LogP contribution in [0.3, 0.4) is 0 Å². The molecule has 0 N–H and O–H groups in total. The van der Waals surface area contributed by atoms with Crippen LogP contribution < -0.4 is 0 Å². The van der Waals surface area contributed by atoms with E-state index in [0.717, 1.165) is 10.9 Å². The van der Waals surface area contributed by atoms with Gasteiger partial charge in [0.1, 0.15) is 0 Å². The molecule has 0 bridgehead atoms. The van der Waals surface area contributed by atoms with Crippen molar-refractivity contribution in [2.45, 2.75) is 18.8 Å². The highest BCUT2D eigenvalue weighted by Gasteiger charge is 2.30. The predicted molar refractivity (Wildman–Crippen MR) is 89.5 cm³/mol. The molecule has 0 amide bonds. The molecule has 0 radical (unpaired) electrons. The highest BCUT2D eigenvalue weighted by atomic mass is 79.9. The summed E-state index contributed by atoms with van der Waals surface area (Å²) in [6.07, 6.45) is 3.29. The van der Waals surface area contributed by atoms with Gasteiger partial charge in [0.05, 0.1) is 0 Å². The van der Waals surface area contributed by atoms with Gasteiger partial charge in [-0.05, 0) is 23.6 Å². The lowest BCUT2D eigenvalue weighted by atomic mass is 9.76. The summed E-state index contributed by atoms with van der Waals surface area (Å²) in [4.78, 5) is 11.6. The van der Waals surface area contributed by atoms with Crippen LogP contribution in [0.15, 0.2) is 71.2 Å². The van der Waals surface area contributed by atoms with Crippen molar-refractivity contribution in [3.8, 4) is 0 Å². The van der Waals surface area contributed by atoms with Gasteiger partial charge in [-0.25, -0.2) is 0 Å². The van der Waals surface area contributed by atoms with Crippen LogP contribution in [0.1, 0.15) is 29.9 Å². The quantitative estimate of drug-likeness (QED) is 0.761. The fourth-order valence-electron chi connectivity index (χ4n) is 3.07. The topological polar surface area (TPSA) is 17.1 Å². The van der Waals surface area contributed by atoms with Crippen molar-refractivity contribution >= 4 is 21.7 Å². The Morgan fingerprint density at radius 3 is 1.90 bits per heavy atom. The van der Waals surface area contributed by atoms with Crippen molar-refractivity contribution in [3.63, 3.8) is 0 Å². The molecule has 2 aromatic carbocycles. The second-order valence-electron chi connectivity index (χ2n) is 5.44. The molecule has 3 rings (SSSR count). The van der Waals surface area contributed by atoms with Gasteiger partial charge >= 0.3 is 0 Å². The van der Waals surface area contributed by atoms with Gasteiger partial charge in [0.15, 0.2) is 5.78 Å². The zero-order valence-corrected chi connectivity index (χ0v) is 13.3. The predicted octanol–water partition coefficient (Wildman–Crippen LogP) is 5.08. The fourth-order valence-corrected chi connectivity index (χ4v) is 3.82. The number of hydrogen-bond donors (Lipinski definition) is 0. The Balaban J connectivity index is 2.05. The third-order valence-corrected chi connectivity index (χ3v) is 4.89. The van der Waals surface area contributed by atoms with Crippen LogP contribution in [0.25, 0.3) is 0 Å². The normalized spacial score (nSPS) is 18.7. The maximum absolute atomic E-state index is 11.6. The maximum Gasteiger partial charge on any atom is 0.156 e. The third kappa shape index (κ3) is 3.16. The van der Waals surface area contributed by atoms with Gasteiger partial charge in [0, 0.05) is 22.7 Å². The van der Waals surface area contributed by atoms with Crippen LogP contribution in [0, 0.1) is 5.92 Å². The first-order chi connectivity index (χ1) is 10.3. The number of carbonyl (C=O) groups is 1. The molecule has 0 unspecified atom stereocenters. The molecule has 1 nitrogen and oxygen atoms in total. The number of rotatable bonds is 3. The number of benzene rings is 2. The molecule has 106 valence electrons. The van der Waals surface area contributed by atoms with Gasteiger partial charge in [-0.15, -0.1) is 0 Å². The monoisotopic (exact) mass is 340 g/mol. The molecular weight excluding hydrogens is 324 g/mol. The van der Waals surface area contributed by atoms with E-state index in [1.807, 2.05) is 12.1 Å². The Hall–Kier alpha value is -1.67. The smallest absolute Gasteiger partial charge is 0.156 e. The van der Waals surface area contributed by atoms with E-state index in [0.29, 0.717) is 12.3 Å². The minimum atomic E-state index is 0.220. The molecular formula is C19H17BrO. The van der Waals surface area contributed by atoms with E-state index in [2.05, 4.69) is 64.5 Å². The Labute approximate surface area is 133 Å². The minimum Gasteiger partial charge on any atom is -0.295 e. The molecule has 21 heavy (non-hydrogen) atoms. The molecule has 1 aliphatic rings. The average Bonchev–Trinajstić information content (AvgIpc) is 2.52. The van der Waals surface area contributed by atoms with E-state index >= 15 is 0 Å². The highest BCUT2D eigenvalue weighted by molar-refractivity contribution is 9.11. The Kier molecular flexibility index (Phi) is 4.35. The van der Waals surface area contributed by atoms with Gasteiger partial charge in [-0.1, -0.05) is 76.6 Å². The highest BCUT2D eigenvalue weighted by Crippen LogP contribution is 2.42. The van der Waals surface area contributed by atoms with E-state index in [4.69, 9.17) is 0 Å². The van der Waals surface area contributed by atoms with Crippen molar-refractivity contribution < 1.29 is 4.79 Å². The van der Waals surface area contributed by atoms with Crippen molar-refractivity contribution in [3.05, 3.63) is 82.3 Å². The van der Waals surface area contributed by atoms with Gasteiger partial charge in [-0.2, -0.15) is 0 Å². The summed E-state index contributed by atoms with van der Waals surface area (Å²) < 4.78 is 1.02. The van der Waals surface area contributed by atoms with Gasteiger partial charge in [0.25, 0.3) is 0 Å². The number of hydrogen-bond acceptors (Lipinski definition) is 1. The summed E-state index contributed by atoms with van der Waals surface area (Å²) in [7, 11) is 0. The van der Waals surface area contributed by atoms with Crippen LogP contribution in [-0.2, 0) is 4.79 Å². The van der Waals surface area contributed by atoms with Crippen molar-refractivity contribution in [2.24, 2.45) is 5.92 Å². The first-order valence-corrected chi connectivity index (χ1v) is 8.05. The average molecular weight is 341 g/mol. The number of carbonyl (C=O) groups excluding carboxylic acids is 1. The molecule has 0 saturated heterocycles. The minimum absolute atomic E-state index is 0.220. The van der Waals surface area contributed by atoms with Crippen LogP contribution in [0.2, 0.25) is 0 Å². The number of ketones is 1. The van der Waals surface area contributed by atoms with E-state index < -0.39 is 0 Å². The summed E-state index contributed by atoms with van der Waals surface area (Å²) in [6.45, 7) is 0. The second-order valence-corrected chi connectivity index (χ2v) is 6.36. The number of allylic oxidation sites excluding steroid dienone is 2. The Bertz CT molecular complexity index is 606. The van der Waals surface area contributed by atoms with Crippen LogP contribution in [0.5, 0.6) is 0 Å². The van der Waals surface area contributed by atoms with Gasteiger partial charge in [-0.3, -0.25) is 4.79 Å². The standard InChI is InChI=1S/C19H17BrO/c20-18-13-16(21)11-12-17(18)19(14-7-3-1-4-8-14)15-9-5-2-6-10-15/h1-10,13,17,19H,11-12H2/t17-/m1/s1. The molecule has 0 heterocycles. The Morgan fingerprint density at radius 2 is 1.43 bits per heavy atom. The summed E-state index contributed by atoms with van der Waals surface area (Å²) in [5.41, 5.74) is 2.60. The Morgan fingerprint density at radius 1 is 0.905 bits per heavy atom. The van der Waals surface area contributed by atoms with Crippen LogP contribution >= 0.6 is 15.9 Å². The maximum atomic E-state index is 11.6. The molecule has 0 aromatic heterocycles. The van der Waals surface area contributed by atoms with E-state index in [1.54, 1.807) is 6.08 Å². The van der Waals surface area contributed by atoms with Crippen molar-refractivity contribution in [1.82, 2.24) is 0 Å². The molecule has 0 fully saturated rings. The number of halogens is 1. The SMILES string of the molecule is O=C1C=C(Br)[C@H](C(c2ccccc2)c2ccccc2)CC1. The van der Waals surface area contributed by atoms with Crippen LogP contribution in [0.4, 0.5) is 0 Å². The molecule has 0 saturated carbocycles. The molecule has 0 aliphatic heterocycles. The van der Waals surface area contributed by atoms with Gasteiger partial charge in [0.2, 0.25) is 0 Å². The molecule has 2 aromatic rings. The fraction of sp³-hybridized carbons (Fsp3) is 0.211. The summed E-state index contributed by atoms with van der Waals surface area (Å²) in [5, 5.41) is 0. The lowest BCUT2D eigenvalue weighted by Gasteiger charge is -2.30. The molecule has 0 spiro atoms. The summed E-state index contributed by atoms with van der Waals surface area (Å²) in [6, 6.07) is 21.1. The zero-order valence-electron chi connectivity index (χ0n) is 11.7. The largest absolute Gasteiger partial charge is 0.295 e. The van der Waals surface area contributed by atoms with Gasteiger partial charge < -0.3 is 0 Å². The zero-order chi connectivity index (χ0) is 14.7. The van der Waals surface area contributed by atoms with Crippen LogP contribution in [-0.4, -0.2) is 5.78 Å². The van der Waals surface area contributed by atoms with E-state index in [-0.39, 0.29) is 11.7 Å². The van der Waals surface area contributed by atoms with E-state index in [1.165, 1.54) is 11.1 Å². The molecule has 1 atom stereocenters. The van der Waals surface area contributed by atoms with Crippen molar-refractivity contribution in [1.29, 1.82) is 0 Å². The first-order valence-electron chi connectivity index (χ1n) is 7.25. The second kappa shape index (κ2) is 6.40. The summed E-state index contributed by atoms with van der Waals surface area (Å²) in [5.74, 6) is 0.830. The first kappa shape index (κ1) is 14.3. The summed E-state index contributed by atoms with van der Waals surface area (Å²) >= 11 is 3.63. The van der Waals surface area contributed by atoms with E-state index in [9.17, 15) is 4.79 Å².